The van der Waals surface area contributed by atoms with E-state index in [1.807, 2.05) is 11.7 Å². The van der Waals surface area contributed by atoms with Crippen LogP contribution in [0.5, 0.6) is 0 Å². The van der Waals surface area contributed by atoms with Gasteiger partial charge in [-0.25, -0.2) is 0 Å². The van der Waals surface area contributed by atoms with E-state index in [1.54, 1.807) is 0 Å². The first-order valence-electron chi connectivity index (χ1n) is 7.44. The van der Waals surface area contributed by atoms with Crippen molar-refractivity contribution in [2.24, 2.45) is 0 Å². The molecule has 1 aromatic carbocycles. The molecule has 0 spiro atoms. The van der Waals surface area contributed by atoms with E-state index < -0.39 is 0 Å². The topological polar surface area (TPSA) is 34.8 Å². The first-order valence-corrected chi connectivity index (χ1v) is 7.44. The summed E-state index contributed by atoms with van der Waals surface area (Å²) in [4.78, 5) is 0. The number of nitrogens with one attached hydrogen (secondary N) is 1. The Labute approximate surface area is 125 Å². The molecule has 2 heterocycles. The van der Waals surface area contributed by atoms with E-state index in [4.69, 9.17) is 0 Å². The fraction of sp³-hybridized carbons (Fsp3) is 0.353. The molecule has 21 heavy (non-hydrogen) atoms. The van der Waals surface area contributed by atoms with Crippen LogP contribution >= 0.6 is 0 Å². The largest absolute Gasteiger partial charge is 0.341 e. The molecule has 0 radical (unpaired) electrons. The second-order valence-corrected chi connectivity index (χ2v) is 5.75. The number of rotatable bonds is 5. The summed E-state index contributed by atoms with van der Waals surface area (Å²) >= 11 is 0. The van der Waals surface area contributed by atoms with E-state index in [1.165, 1.54) is 16.5 Å². The molecule has 1 N–H and O–H groups in total. The van der Waals surface area contributed by atoms with Crippen molar-refractivity contribution < 1.29 is 0 Å². The summed E-state index contributed by atoms with van der Waals surface area (Å²) in [5, 5.41) is 9.10. The van der Waals surface area contributed by atoms with Crippen LogP contribution in [0.3, 0.4) is 0 Å². The normalized spacial score (nSPS) is 11.6. The Morgan fingerprint density at radius 3 is 2.71 bits per heavy atom. The van der Waals surface area contributed by atoms with Crippen LogP contribution in [0.1, 0.15) is 31.1 Å². The summed E-state index contributed by atoms with van der Waals surface area (Å²) in [6, 6.07) is 11.3. The second-order valence-electron chi connectivity index (χ2n) is 5.75. The first kappa shape index (κ1) is 13.9. The van der Waals surface area contributed by atoms with Gasteiger partial charge in [-0.05, 0) is 56.1 Å². The van der Waals surface area contributed by atoms with Crippen LogP contribution in [0, 0.1) is 0 Å². The van der Waals surface area contributed by atoms with Gasteiger partial charge in [0.15, 0.2) is 0 Å². The van der Waals surface area contributed by atoms with Gasteiger partial charge in [0.1, 0.15) is 0 Å². The van der Waals surface area contributed by atoms with Crippen molar-refractivity contribution in [2.45, 2.75) is 33.0 Å². The minimum absolute atomic E-state index is 0.407. The quantitative estimate of drug-likeness (QED) is 0.780. The summed E-state index contributed by atoms with van der Waals surface area (Å²) in [7, 11) is 1.97. The maximum atomic E-state index is 4.62. The molecule has 0 bridgehead atoms. The molecule has 4 heteroatoms. The summed E-state index contributed by atoms with van der Waals surface area (Å²) in [5.74, 6) is 0. The zero-order valence-electron chi connectivity index (χ0n) is 12.9. The molecule has 2 aromatic heterocycles. The van der Waals surface area contributed by atoms with Crippen molar-refractivity contribution in [3.05, 3.63) is 54.0 Å². The highest BCUT2D eigenvalue weighted by molar-refractivity contribution is 5.81. The van der Waals surface area contributed by atoms with Crippen molar-refractivity contribution in [1.82, 2.24) is 19.7 Å². The van der Waals surface area contributed by atoms with Gasteiger partial charge in [-0.2, -0.15) is 5.10 Å². The van der Waals surface area contributed by atoms with Crippen molar-refractivity contribution in [3.8, 4) is 0 Å². The Kier molecular flexibility index (Phi) is 3.80. The number of aromatic nitrogens is 3. The molecular weight excluding hydrogens is 260 g/mol. The van der Waals surface area contributed by atoms with Gasteiger partial charge in [-0.1, -0.05) is 6.07 Å². The summed E-state index contributed by atoms with van der Waals surface area (Å²) in [5.41, 5.74) is 3.67. The number of hydrogen-bond donors (Lipinski definition) is 1. The minimum atomic E-state index is 0.407. The molecule has 0 aliphatic rings. The maximum absolute atomic E-state index is 4.62. The summed E-state index contributed by atoms with van der Waals surface area (Å²) < 4.78 is 4.26. The fourth-order valence-corrected chi connectivity index (χ4v) is 2.63. The lowest BCUT2D eigenvalue weighted by atomic mass is 10.1. The molecule has 3 rings (SSSR count). The van der Waals surface area contributed by atoms with Crippen molar-refractivity contribution >= 4 is 10.9 Å². The van der Waals surface area contributed by atoms with Crippen LogP contribution in [0.25, 0.3) is 10.9 Å². The molecule has 0 saturated carbocycles. The van der Waals surface area contributed by atoms with Crippen LogP contribution in [-0.4, -0.2) is 21.4 Å². The Morgan fingerprint density at radius 2 is 2.00 bits per heavy atom. The predicted molar refractivity (Wildman–Crippen MR) is 86.4 cm³/mol. The van der Waals surface area contributed by atoms with Gasteiger partial charge >= 0.3 is 0 Å². The van der Waals surface area contributed by atoms with E-state index in [2.05, 4.69) is 71.6 Å². The van der Waals surface area contributed by atoms with Crippen LogP contribution in [0.2, 0.25) is 0 Å². The average molecular weight is 282 g/mol. The smallest absolute Gasteiger partial charge is 0.0821 e. The molecular formula is C17H22N4. The van der Waals surface area contributed by atoms with Gasteiger partial charge in [0, 0.05) is 30.5 Å². The SMILES string of the molecule is CNCc1ccc2c(ccn2Cc2ccn(C(C)C)n2)c1. The van der Waals surface area contributed by atoms with Crippen LogP contribution < -0.4 is 5.32 Å². The van der Waals surface area contributed by atoms with E-state index in [9.17, 15) is 0 Å². The zero-order chi connectivity index (χ0) is 14.8. The summed E-state index contributed by atoms with van der Waals surface area (Å²) in [6.45, 7) is 6.00. The van der Waals surface area contributed by atoms with Gasteiger partial charge < -0.3 is 9.88 Å². The monoisotopic (exact) mass is 282 g/mol. The molecule has 0 saturated heterocycles. The minimum Gasteiger partial charge on any atom is -0.341 e. The number of benzene rings is 1. The third-order valence-electron chi connectivity index (χ3n) is 3.74. The molecule has 3 aromatic rings. The average Bonchev–Trinajstić information content (AvgIpc) is 3.07. The second kappa shape index (κ2) is 5.74. The molecule has 0 amide bonds. The lowest BCUT2D eigenvalue weighted by Gasteiger charge is -2.06. The molecule has 0 atom stereocenters. The Morgan fingerprint density at radius 1 is 1.14 bits per heavy atom. The highest BCUT2D eigenvalue weighted by Gasteiger charge is 2.06. The number of hydrogen-bond acceptors (Lipinski definition) is 2. The van der Waals surface area contributed by atoms with Gasteiger partial charge in [0.2, 0.25) is 0 Å². The van der Waals surface area contributed by atoms with E-state index in [-0.39, 0.29) is 0 Å². The Bertz CT molecular complexity index is 736. The highest BCUT2D eigenvalue weighted by atomic mass is 15.3. The summed E-state index contributed by atoms with van der Waals surface area (Å²) in [6.07, 6.45) is 4.19. The van der Waals surface area contributed by atoms with Crippen molar-refractivity contribution in [3.63, 3.8) is 0 Å². The van der Waals surface area contributed by atoms with Crippen LogP contribution in [0.15, 0.2) is 42.7 Å². The molecule has 0 fully saturated rings. The highest BCUT2D eigenvalue weighted by Crippen LogP contribution is 2.19. The lowest BCUT2D eigenvalue weighted by molar-refractivity contribution is 0.524. The van der Waals surface area contributed by atoms with Crippen molar-refractivity contribution in [1.29, 1.82) is 0 Å². The fourth-order valence-electron chi connectivity index (χ4n) is 2.63. The van der Waals surface area contributed by atoms with E-state index in [0.717, 1.165) is 18.8 Å². The van der Waals surface area contributed by atoms with E-state index >= 15 is 0 Å². The van der Waals surface area contributed by atoms with Gasteiger partial charge in [0.25, 0.3) is 0 Å². The predicted octanol–water partition coefficient (Wildman–Crippen LogP) is 3.19. The van der Waals surface area contributed by atoms with Crippen LogP contribution in [-0.2, 0) is 13.1 Å². The first-order chi connectivity index (χ1) is 10.2. The molecule has 0 aliphatic carbocycles. The van der Waals surface area contributed by atoms with Gasteiger partial charge in [-0.15, -0.1) is 0 Å². The van der Waals surface area contributed by atoms with E-state index in [0.29, 0.717) is 6.04 Å². The number of fused-ring (bicyclic) bond motifs is 1. The molecule has 4 nitrogen and oxygen atoms in total. The molecule has 0 aliphatic heterocycles. The molecule has 0 unspecified atom stereocenters. The maximum Gasteiger partial charge on any atom is 0.0821 e. The van der Waals surface area contributed by atoms with Crippen molar-refractivity contribution in [2.75, 3.05) is 7.05 Å². The van der Waals surface area contributed by atoms with Gasteiger partial charge in [0.05, 0.1) is 12.2 Å². The Balaban J connectivity index is 1.86. The third kappa shape index (κ3) is 2.85. The van der Waals surface area contributed by atoms with Crippen LogP contribution in [0.4, 0.5) is 0 Å². The number of nitrogens with zero attached hydrogens (tertiary/aromatic N) is 3. The zero-order valence-corrected chi connectivity index (χ0v) is 12.9. The molecule has 110 valence electrons. The van der Waals surface area contributed by atoms with Gasteiger partial charge in [-0.3, -0.25) is 4.68 Å². The standard InChI is InChI=1S/C17H22N4/c1-13(2)21-9-7-16(19-21)12-20-8-6-15-10-14(11-18-3)4-5-17(15)20/h4-10,13,18H,11-12H2,1-3H3. The Hall–Kier alpha value is -2.07. The third-order valence-corrected chi connectivity index (χ3v) is 3.74. The lowest BCUT2D eigenvalue weighted by Crippen LogP contribution is -2.05.